The van der Waals surface area contributed by atoms with Crippen LogP contribution in [0.2, 0.25) is 0 Å². The Bertz CT molecular complexity index is 996. The van der Waals surface area contributed by atoms with Gasteiger partial charge in [0.15, 0.2) is 0 Å². The van der Waals surface area contributed by atoms with Crippen LogP contribution in [0.5, 0.6) is 0 Å². The Morgan fingerprint density at radius 1 is 0.844 bits per heavy atom. The number of nitrogens with zero attached hydrogens (tertiary/aromatic N) is 1. The van der Waals surface area contributed by atoms with E-state index in [1.807, 2.05) is 12.1 Å². The van der Waals surface area contributed by atoms with E-state index < -0.39 is 11.7 Å². The summed E-state index contributed by atoms with van der Waals surface area (Å²) in [5, 5.41) is 3.57. The van der Waals surface area contributed by atoms with E-state index in [2.05, 4.69) is 58.7 Å². The van der Waals surface area contributed by atoms with Crippen molar-refractivity contribution in [1.29, 1.82) is 0 Å². The number of alkyl halides is 3. The Morgan fingerprint density at radius 3 is 2.06 bits per heavy atom. The van der Waals surface area contributed by atoms with Crippen molar-refractivity contribution in [1.82, 2.24) is 10.2 Å². The van der Waals surface area contributed by atoms with Crippen LogP contribution < -0.4 is 5.32 Å². The highest BCUT2D eigenvalue weighted by Crippen LogP contribution is 2.43. The van der Waals surface area contributed by atoms with Crippen LogP contribution in [0.15, 0.2) is 84.9 Å². The zero-order valence-electron chi connectivity index (χ0n) is 17.8. The molecular formula is C27H27F3N2. The lowest BCUT2D eigenvalue weighted by Gasteiger charge is -2.39. The van der Waals surface area contributed by atoms with Gasteiger partial charge in [-0.1, -0.05) is 78.9 Å². The van der Waals surface area contributed by atoms with Crippen molar-refractivity contribution < 1.29 is 13.2 Å². The second kappa shape index (κ2) is 8.72. The first-order chi connectivity index (χ1) is 15.5. The van der Waals surface area contributed by atoms with Crippen LogP contribution in [0.4, 0.5) is 13.2 Å². The molecular weight excluding hydrogens is 409 g/mol. The van der Waals surface area contributed by atoms with Gasteiger partial charge in [0, 0.05) is 31.1 Å². The number of piperidine rings is 1. The van der Waals surface area contributed by atoms with Crippen LogP contribution in [0.3, 0.4) is 0 Å². The average molecular weight is 437 g/mol. The van der Waals surface area contributed by atoms with Crippen molar-refractivity contribution in [2.75, 3.05) is 13.1 Å². The van der Waals surface area contributed by atoms with Gasteiger partial charge in [-0.15, -0.1) is 0 Å². The molecule has 3 aromatic carbocycles. The summed E-state index contributed by atoms with van der Waals surface area (Å²) in [5.74, 6) is 0.617. The molecule has 1 N–H and O–H groups in total. The maximum atomic E-state index is 13.5. The second-order valence-corrected chi connectivity index (χ2v) is 8.89. The summed E-state index contributed by atoms with van der Waals surface area (Å²) in [6, 6.07) is 27.2. The molecule has 166 valence electrons. The summed E-state index contributed by atoms with van der Waals surface area (Å²) in [4.78, 5) is 2.53. The van der Waals surface area contributed by atoms with Gasteiger partial charge in [0.1, 0.15) is 0 Å². The number of hydrogen-bond donors (Lipinski definition) is 1. The van der Waals surface area contributed by atoms with Crippen molar-refractivity contribution in [3.05, 3.63) is 107 Å². The molecule has 3 aromatic rings. The van der Waals surface area contributed by atoms with Gasteiger partial charge in [-0.2, -0.15) is 13.2 Å². The molecule has 0 aromatic heterocycles. The molecule has 2 aliphatic rings. The third-order valence-corrected chi connectivity index (χ3v) is 7.06. The molecule has 2 aliphatic heterocycles. The van der Waals surface area contributed by atoms with Gasteiger partial charge in [0.2, 0.25) is 0 Å². The molecule has 0 saturated carbocycles. The highest BCUT2D eigenvalue weighted by molar-refractivity contribution is 5.37. The topological polar surface area (TPSA) is 15.3 Å². The molecule has 0 aliphatic carbocycles. The van der Waals surface area contributed by atoms with Crippen molar-refractivity contribution in [2.24, 2.45) is 5.92 Å². The van der Waals surface area contributed by atoms with Crippen LogP contribution in [0.25, 0.3) is 0 Å². The smallest absolute Gasteiger partial charge is 0.308 e. The van der Waals surface area contributed by atoms with E-state index >= 15 is 0 Å². The first-order valence-corrected chi connectivity index (χ1v) is 11.2. The fourth-order valence-corrected chi connectivity index (χ4v) is 5.68. The molecule has 4 atom stereocenters. The zero-order valence-corrected chi connectivity index (χ0v) is 17.8. The molecule has 5 heteroatoms. The van der Waals surface area contributed by atoms with Crippen LogP contribution in [-0.4, -0.2) is 30.1 Å². The molecule has 0 spiro atoms. The van der Waals surface area contributed by atoms with E-state index in [1.165, 1.54) is 23.3 Å². The fourth-order valence-electron chi connectivity index (χ4n) is 5.68. The molecule has 2 saturated heterocycles. The summed E-state index contributed by atoms with van der Waals surface area (Å²) in [7, 11) is 0. The molecule has 0 amide bonds. The highest BCUT2D eigenvalue weighted by atomic mass is 19.4. The third-order valence-electron chi connectivity index (χ3n) is 7.06. The highest BCUT2D eigenvalue weighted by Gasteiger charge is 2.49. The standard InChI is InChI=1S/C27H27F3N2/c28-27(29,30)23-14-8-7-13-21(23)17-31-25-22-15-16-32(18-22)26(25)24(19-9-3-1-4-10-19)20-11-5-2-6-12-20/h1-14,22,24-26,31H,15-18H2. The Morgan fingerprint density at radius 2 is 1.44 bits per heavy atom. The van der Waals surface area contributed by atoms with E-state index in [0.717, 1.165) is 19.5 Å². The second-order valence-electron chi connectivity index (χ2n) is 8.89. The first kappa shape index (κ1) is 21.2. The van der Waals surface area contributed by atoms with Crippen molar-refractivity contribution in [3.63, 3.8) is 0 Å². The summed E-state index contributed by atoms with van der Waals surface area (Å²) in [6.07, 6.45) is -3.25. The number of nitrogens with one attached hydrogen (secondary N) is 1. The van der Waals surface area contributed by atoms with Gasteiger partial charge in [-0.05, 0) is 41.6 Å². The van der Waals surface area contributed by atoms with E-state index in [9.17, 15) is 13.2 Å². The van der Waals surface area contributed by atoms with E-state index in [4.69, 9.17) is 0 Å². The lowest BCUT2D eigenvalue weighted by molar-refractivity contribution is -0.138. The molecule has 2 fully saturated rings. The zero-order chi connectivity index (χ0) is 22.1. The lowest BCUT2D eigenvalue weighted by atomic mass is 9.78. The maximum Gasteiger partial charge on any atom is 0.416 e. The average Bonchev–Trinajstić information content (AvgIpc) is 3.41. The number of hydrogen-bond acceptors (Lipinski definition) is 2. The number of rotatable bonds is 6. The van der Waals surface area contributed by atoms with Gasteiger partial charge in [-0.3, -0.25) is 4.90 Å². The van der Waals surface area contributed by atoms with Gasteiger partial charge >= 0.3 is 6.18 Å². The Balaban J connectivity index is 1.47. The molecule has 0 radical (unpaired) electrons. The van der Waals surface area contributed by atoms with Crippen molar-refractivity contribution >= 4 is 0 Å². The predicted octanol–water partition coefficient (Wildman–Crippen LogP) is 5.70. The Hall–Kier alpha value is -2.63. The SMILES string of the molecule is FC(F)(F)c1ccccc1CNC1C2CCN(C2)C1C(c1ccccc1)c1ccccc1. The third kappa shape index (κ3) is 4.07. The summed E-state index contributed by atoms with van der Waals surface area (Å²) in [6.45, 7) is 2.26. The minimum absolute atomic E-state index is 0.135. The van der Waals surface area contributed by atoms with Gasteiger partial charge in [0.25, 0.3) is 0 Å². The Kier molecular flexibility index (Phi) is 5.78. The van der Waals surface area contributed by atoms with Gasteiger partial charge in [-0.25, -0.2) is 0 Å². The lowest BCUT2D eigenvalue weighted by Crippen LogP contribution is -2.51. The molecule has 2 heterocycles. The van der Waals surface area contributed by atoms with E-state index in [0.29, 0.717) is 11.5 Å². The molecule has 32 heavy (non-hydrogen) atoms. The summed E-state index contributed by atoms with van der Waals surface area (Å²) >= 11 is 0. The van der Waals surface area contributed by atoms with Crippen molar-refractivity contribution in [2.45, 2.75) is 37.1 Å². The summed E-state index contributed by atoms with van der Waals surface area (Å²) < 4.78 is 40.5. The van der Waals surface area contributed by atoms with Crippen molar-refractivity contribution in [3.8, 4) is 0 Å². The summed E-state index contributed by atoms with van der Waals surface area (Å²) in [5.41, 5.74) is 2.26. The van der Waals surface area contributed by atoms with Gasteiger partial charge < -0.3 is 5.32 Å². The maximum absolute atomic E-state index is 13.5. The largest absolute Gasteiger partial charge is 0.416 e. The van der Waals surface area contributed by atoms with E-state index in [1.54, 1.807) is 12.1 Å². The Labute approximate surface area is 187 Å². The van der Waals surface area contributed by atoms with Crippen LogP contribution >= 0.6 is 0 Å². The molecule has 5 rings (SSSR count). The number of halogens is 3. The van der Waals surface area contributed by atoms with Crippen LogP contribution in [0.1, 0.15) is 34.6 Å². The quantitative estimate of drug-likeness (QED) is 0.533. The molecule has 2 bridgehead atoms. The monoisotopic (exact) mass is 436 g/mol. The van der Waals surface area contributed by atoms with Crippen LogP contribution in [0, 0.1) is 5.92 Å². The normalized spacial score (nSPS) is 24.9. The number of fused-ring (bicyclic) bond motifs is 2. The fraction of sp³-hybridized carbons (Fsp3) is 0.333. The minimum Gasteiger partial charge on any atom is -0.308 e. The minimum atomic E-state index is -4.34. The van der Waals surface area contributed by atoms with E-state index in [-0.39, 0.29) is 24.5 Å². The van der Waals surface area contributed by atoms with Crippen LogP contribution in [-0.2, 0) is 12.7 Å². The molecule has 2 nitrogen and oxygen atoms in total. The molecule has 4 unspecified atom stereocenters. The number of benzene rings is 3. The first-order valence-electron chi connectivity index (χ1n) is 11.2. The predicted molar refractivity (Wildman–Crippen MR) is 120 cm³/mol. The van der Waals surface area contributed by atoms with Gasteiger partial charge in [0.05, 0.1) is 5.56 Å².